The van der Waals surface area contributed by atoms with Crippen molar-refractivity contribution >= 4 is 28.8 Å². The summed E-state index contributed by atoms with van der Waals surface area (Å²) in [5.41, 5.74) is 11.3. The first kappa shape index (κ1) is 33.1. The molecule has 51 heavy (non-hydrogen) atoms. The van der Waals surface area contributed by atoms with Crippen molar-refractivity contribution in [2.75, 3.05) is 10.2 Å². The number of carbonyl (C=O) groups excluding carboxylic acids is 1. The quantitative estimate of drug-likeness (QED) is 0.176. The molecule has 0 radical (unpaired) electrons. The molecule has 1 N–H and O–H groups in total. The first-order valence-electron chi connectivity index (χ1n) is 17.2. The number of carbonyl (C=O) groups is 1. The minimum Gasteiger partial charge on any atom is -0.443 e. The van der Waals surface area contributed by atoms with Gasteiger partial charge in [-0.05, 0) is 126 Å². The molecule has 0 bridgehead atoms. The maximum absolute atomic E-state index is 14.1. The Morgan fingerprint density at radius 3 is 1.18 bits per heavy atom. The van der Waals surface area contributed by atoms with Gasteiger partial charge in [0.25, 0.3) is 0 Å². The van der Waals surface area contributed by atoms with Crippen molar-refractivity contribution < 1.29 is 9.53 Å². The summed E-state index contributed by atoms with van der Waals surface area (Å²) < 4.78 is 6.01. The van der Waals surface area contributed by atoms with Gasteiger partial charge in [0.05, 0.1) is 11.4 Å². The molecule has 7 rings (SSSR count). The molecule has 0 fully saturated rings. The lowest BCUT2D eigenvalue weighted by Gasteiger charge is -2.28. The zero-order chi connectivity index (χ0) is 35.2. The minimum atomic E-state index is -0.684. The largest absolute Gasteiger partial charge is 0.443 e. The predicted molar refractivity (Wildman–Crippen MR) is 213 cm³/mol. The van der Waals surface area contributed by atoms with Crippen LogP contribution in [0.1, 0.15) is 20.8 Å². The smallest absolute Gasteiger partial charge is 0.419 e. The van der Waals surface area contributed by atoms with Crippen molar-refractivity contribution in [2.45, 2.75) is 26.4 Å². The second kappa shape index (κ2) is 14.6. The molecular formula is C47H40N2O2. The summed E-state index contributed by atoms with van der Waals surface area (Å²) in [6.07, 6.45) is -0.449. The number of ether oxygens (including phenoxy) is 1. The molecule has 0 atom stereocenters. The van der Waals surface area contributed by atoms with Gasteiger partial charge in [-0.15, -0.1) is 0 Å². The van der Waals surface area contributed by atoms with E-state index in [0.29, 0.717) is 11.4 Å². The number of benzene rings is 7. The molecule has 0 spiro atoms. The molecule has 0 aliphatic carbocycles. The summed E-state index contributed by atoms with van der Waals surface area (Å²) in [4.78, 5) is 15.7. The van der Waals surface area contributed by atoms with Crippen LogP contribution in [0.5, 0.6) is 0 Å². The molecule has 0 aliphatic heterocycles. The molecule has 0 unspecified atom stereocenters. The van der Waals surface area contributed by atoms with Crippen molar-refractivity contribution in [1.82, 2.24) is 0 Å². The molecule has 7 aromatic carbocycles. The highest BCUT2D eigenvalue weighted by molar-refractivity contribution is 5.98. The Hall–Kier alpha value is -6.39. The van der Waals surface area contributed by atoms with Crippen LogP contribution in [-0.4, -0.2) is 11.7 Å². The molecule has 0 aromatic heterocycles. The van der Waals surface area contributed by atoms with Gasteiger partial charge in [-0.25, -0.2) is 9.69 Å². The molecule has 250 valence electrons. The predicted octanol–water partition coefficient (Wildman–Crippen LogP) is 13.2. The zero-order valence-electron chi connectivity index (χ0n) is 29.1. The van der Waals surface area contributed by atoms with Crippen LogP contribution in [0.2, 0.25) is 0 Å². The summed E-state index contributed by atoms with van der Waals surface area (Å²) in [5, 5.41) is 3.62. The first-order chi connectivity index (χ1) is 24.8. The number of hydrogen-bond acceptors (Lipinski definition) is 3. The van der Waals surface area contributed by atoms with Gasteiger partial charge < -0.3 is 10.1 Å². The first-order valence-corrected chi connectivity index (χ1v) is 17.2. The summed E-state index contributed by atoms with van der Waals surface area (Å²) in [5.74, 6) is 0. The lowest BCUT2D eigenvalue weighted by molar-refractivity contribution is 0.0599. The lowest BCUT2D eigenvalue weighted by atomic mass is 9.97. The van der Waals surface area contributed by atoms with Crippen molar-refractivity contribution in [3.63, 3.8) is 0 Å². The van der Waals surface area contributed by atoms with Crippen LogP contribution >= 0.6 is 0 Å². The molecule has 0 saturated heterocycles. The number of nitrogens with one attached hydrogen (secondary N) is 1. The van der Waals surface area contributed by atoms with Gasteiger partial charge in [-0.2, -0.15) is 0 Å². The molecule has 1 amide bonds. The molecule has 7 aromatic rings. The SMILES string of the molecule is CC(C)(C)OC(=O)N(c1ccc(Nc2cc(-c3ccccc3)cc(-c3ccccc3)c2)cc1)c1cc(-c2ccccc2)cc(-c2ccccc2)c1. The van der Waals surface area contributed by atoms with Gasteiger partial charge in [0, 0.05) is 11.4 Å². The van der Waals surface area contributed by atoms with E-state index in [1.54, 1.807) is 4.90 Å². The van der Waals surface area contributed by atoms with E-state index in [9.17, 15) is 4.79 Å². The highest BCUT2D eigenvalue weighted by Gasteiger charge is 2.26. The maximum atomic E-state index is 14.1. The third-order valence-corrected chi connectivity index (χ3v) is 8.53. The topological polar surface area (TPSA) is 41.6 Å². The second-order valence-corrected chi connectivity index (χ2v) is 13.5. The molecule has 4 nitrogen and oxygen atoms in total. The van der Waals surface area contributed by atoms with Crippen molar-refractivity contribution in [2.24, 2.45) is 0 Å². The maximum Gasteiger partial charge on any atom is 0.419 e. The van der Waals surface area contributed by atoms with E-state index in [2.05, 4.69) is 115 Å². The highest BCUT2D eigenvalue weighted by Crippen LogP contribution is 2.37. The van der Waals surface area contributed by atoms with Crippen LogP contribution < -0.4 is 10.2 Å². The van der Waals surface area contributed by atoms with E-state index >= 15 is 0 Å². The van der Waals surface area contributed by atoms with Crippen molar-refractivity contribution in [1.29, 1.82) is 0 Å². The van der Waals surface area contributed by atoms with Crippen molar-refractivity contribution in [3.8, 4) is 44.5 Å². The molecule has 0 aliphatic rings. The van der Waals surface area contributed by atoms with Gasteiger partial charge in [0.2, 0.25) is 0 Å². The third kappa shape index (κ3) is 8.09. The Morgan fingerprint density at radius 1 is 0.431 bits per heavy atom. The van der Waals surface area contributed by atoms with E-state index in [1.165, 1.54) is 0 Å². The third-order valence-electron chi connectivity index (χ3n) is 8.53. The van der Waals surface area contributed by atoms with Crippen LogP contribution in [0.25, 0.3) is 44.5 Å². The van der Waals surface area contributed by atoms with Gasteiger partial charge in [0.15, 0.2) is 0 Å². The van der Waals surface area contributed by atoms with Gasteiger partial charge in [0.1, 0.15) is 5.60 Å². The van der Waals surface area contributed by atoms with E-state index < -0.39 is 11.7 Å². The van der Waals surface area contributed by atoms with Gasteiger partial charge in [-0.1, -0.05) is 121 Å². The van der Waals surface area contributed by atoms with Crippen LogP contribution in [-0.2, 0) is 4.74 Å². The van der Waals surface area contributed by atoms with Crippen LogP contribution in [0.3, 0.4) is 0 Å². The van der Waals surface area contributed by atoms with E-state index in [-0.39, 0.29) is 0 Å². The summed E-state index contributed by atoms with van der Waals surface area (Å²) in [7, 11) is 0. The molecular weight excluding hydrogens is 625 g/mol. The van der Waals surface area contributed by atoms with Crippen LogP contribution in [0.15, 0.2) is 182 Å². The molecule has 0 saturated carbocycles. The number of nitrogens with zero attached hydrogens (tertiary/aromatic N) is 1. The average Bonchev–Trinajstić information content (AvgIpc) is 3.16. The summed E-state index contributed by atoms with van der Waals surface area (Å²) in [6, 6.07) is 62.1. The number of hydrogen-bond donors (Lipinski definition) is 1. The Morgan fingerprint density at radius 2 is 0.804 bits per heavy atom. The van der Waals surface area contributed by atoms with Crippen molar-refractivity contribution in [3.05, 3.63) is 182 Å². The zero-order valence-corrected chi connectivity index (χ0v) is 29.1. The standard InChI is InChI=1S/C47H40N2O2/c1-47(2,3)51-46(50)49(45-32-40(36-20-12-6-13-21-36)29-41(33-45)37-22-14-7-15-23-37)44-26-24-42(25-27-44)48-43-30-38(34-16-8-4-9-17-34)28-39(31-43)35-18-10-5-11-19-35/h4-33,48H,1-3H3. The Balaban J connectivity index is 1.27. The van der Waals surface area contributed by atoms with E-state index in [0.717, 1.165) is 55.9 Å². The number of rotatable bonds is 8. The number of amides is 1. The average molecular weight is 665 g/mol. The van der Waals surface area contributed by atoms with E-state index in [1.807, 2.05) is 93.6 Å². The normalized spacial score (nSPS) is 11.1. The fourth-order valence-electron chi connectivity index (χ4n) is 6.16. The fourth-order valence-corrected chi connectivity index (χ4v) is 6.16. The Labute approximate surface area is 300 Å². The van der Waals surface area contributed by atoms with Gasteiger partial charge >= 0.3 is 6.09 Å². The van der Waals surface area contributed by atoms with E-state index in [4.69, 9.17) is 4.74 Å². The van der Waals surface area contributed by atoms with Crippen LogP contribution in [0, 0.1) is 0 Å². The lowest BCUT2D eigenvalue weighted by Crippen LogP contribution is -2.33. The Bertz CT molecular complexity index is 2110. The van der Waals surface area contributed by atoms with Crippen LogP contribution in [0.4, 0.5) is 27.5 Å². The fraction of sp³-hybridized carbons (Fsp3) is 0.0851. The molecule has 4 heteroatoms. The monoisotopic (exact) mass is 664 g/mol. The molecule has 0 heterocycles. The van der Waals surface area contributed by atoms with Gasteiger partial charge in [-0.3, -0.25) is 0 Å². The highest BCUT2D eigenvalue weighted by atomic mass is 16.6. The Kier molecular flexibility index (Phi) is 9.49. The summed E-state index contributed by atoms with van der Waals surface area (Å²) >= 11 is 0. The number of anilines is 4. The minimum absolute atomic E-state index is 0.449. The summed E-state index contributed by atoms with van der Waals surface area (Å²) in [6.45, 7) is 5.66. The second-order valence-electron chi connectivity index (χ2n) is 13.5.